The van der Waals surface area contributed by atoms with E-state index >= 15 is 0 Å². The number of nitrogens with one attached hydrogen (secondary N) is 1. The normalized spacial score (nSPS) is 30.2. The Balaban J connectivity index is 1.67. The molecule has 2 bridgehead atoms. The van der Waals surface area contributed by atoms with E-state index in [1.54, 1.807) is 0 Å². The van der Waals surface area contributed by atoms with Crippen LogP contribution in [-0.2, 0) is 13.1 Å². The maximum atomic E-state index is 4.53. The van der Waals surface area contributed by atoms with Crippen LogP contribution >= 0.6 is 0 Å². The fraction of sp³-hybridized carbons (Fsp3) is 0.800. The average Bonchev–Trinajstić information content (AvgIpc) is 3.02. The molecule has 1 aromatic heterocycles. The Labute approximate surface area is 116 Å². The Morgan fingerprint density at radius 2 is 2.05 bits per heavy atom. The van der Waals surface area contributed by atoms with Crippen LogP contribution in [0.5, 0.6) is 0 Å². The van der Waals surface area contributed by atoms with Crippen molar-refractivity contribution in [3.63, 3.8) is 0 Å². The second-order valence-corrected chi connectivity index (χ2v) is 5.96. The first-order valence-corrected chi connectivity index (χ1v) is 7.80. The number of fused-ring (bicyclic) bond motifs is 2. The molecule has 4 nitrogen and oxygen atoms in total. The van der Waals surface area contributed by atoms with Gasteiger partial charge in [0.05, 0.1) is 6.54 Å². The Kier molecular flexibility index (Phi) is 3.89. The third kappa shape index (κ3) is 2.70. The fourth-order valence-electron chi connectivity index (χ4n) is 3.79. The molecule has 0 aliphatic carbocycles. The molecule has 0 spiro atoms. The molecule has 4 heteroatoms. The zero-order chi connectivity index (χ0) is 13.2. The summed E-state index contributed by atoms with van der Waals surface area (Å²) < 4.78 is 2.26. The third-order valence-electron chi connectivity index (χ3n) is 4.86. The minimum absolute atomic E-state index is 0.741. The van der Waals surface area contributed by atoms with E-state index in [0.717, 1.165) is 37.8 Å². The summed E-state index contributed by atoms with van der Waals surface area (Å²) in [6.07, 6.45) is 9.41. The lowest BCUT2D eigenvalue weighted by Gasteiger charge is -2.37. The quantitative estimate of drug-likeness (QED) is 0.881. The van der Waals surface area contributed by atoms with Gasteiger partial charge in [0.2, 0.25) is 0 Å². The summed E-state index contributed by atoms with van der Waals surface area (Å²) >= 11 is 0. The van der Waals surface area contributed by atoms with Crippen LogP contribution < -0.4 is 5.32 Å². The molecule has 1 N–H and O–H groups in total. The summed E-state index contributed by atoms with van der Waals surface area (Å²) in [6.45, 7) is 7.61. The minimum atomic E-state index is 0.741. The monoisotopic (exact) mass is 262 g/mol. The minimum Gasteiger partial charge on any atom is -0.334 e. The maximum absolute atomic E-state index is 4.53. The molecule has 106 valence electrons. The first-order valence-electron chi connectivity index (χ1n) is 7.80. The van der Waals surface area contributed by atoms with Gasteiger partial charge >= 0.3 is 0 Å². The highest BCUT2D eigenvalue weighted by Crippen LogP contribution is 2.30. The van der Waals surface area contributed by atoms with Gasteiger partial charge in [-0.15, -0.1) is 0 Å². The van der Waals surface area contributed by atoms with Crippen molar-refractivity contribution < 1.29 is 0 Å². The van der Waals surface area contributed by atoms with E-state index in [9.17, 15) is 0 Å². The summed E-state index contributed by atoms with van der Waals surface area (Å²) in [7, 11) is 0. The van der Waals surface area contributed by atoms with Crippen molar-refractivity contribution in [3.05, 3.63) is 18.2 Å². The van der Waals surface area contributed by atoms with Gasteiger partial charge in [-0.3, -0.25) is 4.90 Å². The van der Waals surface area contributed by atoms with Crippen LogP contribution in [0.4, 0.5) is 0 Å². The largest absolute Gasteiger partial charge is 0.334 e. The maximum Gasteiger partial charge on any atom is 0.122 e. The van der Waals surface area contributed by atoms with Crippen molar-refractivity contribution in [3.8, 4) is 0 Å². The van der Waals surface area contributed by atoms with Crippen LogP contribution in [0.2, 0.25) is 0 Å². The number of hydrogen-bond acceptors (Lipinski definition) is 3. The summed E-state index contributed by atoms with van der Waals surface area (Å²) in [5.41, 5.74) is 0. The van der Waals surface area contributed by atoms with Gasteiger partial charge in [0.15, 0.2) is 0 Å². The van der Waals surface area contributed by atoms with Crippen LogP contribution in [-0.4, -0.2) is 39.1 Å². The molecule has 2 saturated heterocycles. The highest BCUT2D eigenvalue weighted by molar-refractivity contribution is 4.98. The molecular weight excluding hydrogens is 236 g/mol. The molecule has 1 aromatic rings. The molecular formula is C15H26N4. The zero-order valence-corrected chi connectivity index (χ0v) is 12.2. The van der Waals surface area contributed by atoms with E-state index in [4.69, 9.17) is 0 Å². The molecule has 2 aliphatic rings. The molecule has 2 atom stereocenters. The third-order valence-corrected chi connectivity index (χ3v) is 4.86. The van der Waals surface area contributed by atoms with Gasteiger partial charge in [0, 0.05) is 37.1 Å². The van der Waals surface area contributed by atoms with E-state index in [1.807, 2.05) is 6.20 Å². The van der Waals surface area contributed by atoms with Gasteiger partial charge in [-0.1, -0.05) is 6.92 Å². The lowest BCUT2D eigenvalue weighted by Crippen LogP contribution is -2.48. The zero-order valence-electron chi connectivity index (χ0n) is 12.2. The predicted molar refractivity (Wildman–Crippen MR) is 77.0 cm³/mol. The van der Waals surface area contributed by atoms with Gasteiger partial charge in [-0.05, 0) is 39.2 Å². The van der Waals surface area contributed by atoms with Gasteiger partial charge < -0.3 is 9.88 Å². The van der Waals surface area contributed by atoms with Gasteiger partial charge in [-0.25, -0.2) is 4.98 Å². The molecule has 3 rings (SSSR count). The van der Waals surface area contributed by atoms with E-state index in [2.05, 4.69) is 39.8 Å². The second kappa shape index (κ2) is 5.63. The molecule has 2 unspecified atom stereocenters. The van der Waals surface area contributed by atoms with E-state index in [0.29, 0.717) is 0 Å². The van der Waals surface area contributed by atoms with Crippen molar-refractivity contribution in [2.75, 3.05) is 6.54 Å². The van der Waals surface area contributed by atoms with Crippen molar-refractivity contribution in [2.45, 2.75) is 70.7 Å². The number of nitrogens with zero attached hydrogens (tertiary/aromatic N) is 3. The van der Waals surface area contributed by atoms with E-state index in [-0.39, 0.29) is 0 Å². The summed E-state index contributed by atoms with van der Waals surface area (Å²) in [5, 5.41) is 3.73. The summed E-state index contributed by atoms with van der Waals surface area (Å²) in [6, 6.07) is 2.28. The Bertz CT molecular complexity index is 402. The fourth-order valence-corrected chi connectivity index (χ4v) is 3.79. The number of hydrogen-bond donors (Lipinski definition) is 1. The molecule has 2 fully saturated rings. The average molecular weight is 262 g/mol. The first kappa shape index (κ1) is 13.1. The Morgan fingerprint density at radius 1 is 1.32 bits per heavy atom. The van der Waals surface area contributed by atoms with Crippen LogP contribution in [0.1, 0.15) is 45.4 Å². The molecule has 0 radical (unpaired) electrons. The number of piperidine rings is 1. The Morgan fingerprint density at radius 3 is 2.68 bits per heavy atom. The molecule has 0 amide bonds. The molecule has 0 saturated carbocycles. The Hall–Kier alpha value is -0.870. The highest BCUT2D eigenvalue weighted by Gasteiger charge is 2.35. The molecule has 3 heterocycles. The van der Waals surface area contributed by atoms with Gasteiger partial charge in [-0.2, -0.15) is 0 Å². The second-order valence-electron chi connectivity index (χ2n) is 5.96. The highest BCUT2D eigenvalue weighted by atomic mass is 15.2. The standard InChI is InChI=1S/C15H26N4/c1-3-18-8-7-16-15(18)11-19(4-2)14-9-12-5-6-13(10-14)17-12/h7-8,12-14,17H,3-6,9-11H2,1-2H3. The van der Waals surface area contributed by atoms with Crippen molar-refractivity contribution in [1.82, 2.24) is 19.8 Å². The van der Waals surface area contributed by atoms with E-state index in [1.165, 1.54) is 31.5 Å². The lowest BCUT2D eigenvalue weighted by molar-refractivity contribution is 0.136. The molecule has 2 aliphatic heterocycles. The van der Waals surface area contributed by atoms with Gasteiger partial charge in [0.1, 0.15) is 5.82 Å². The number of rotatable bonds is 5. The first-order chi connectivity index (χ1) is 9.30. The summed E-state index contributed by atoms with van der Waals surface area (Å²) in [4.78, 5) is 7.15. The van der Waals surface area contributed by atoms with Crippen LogP contribution in [0.25, 0.3) is 0 Å². The van der Waals surface area contributed by atoms with Crippen molar-refractivity contribution >= 4 is 0 Å². The predicted octanol–water partition coefficient (Wildman–Crippen LogP) is 2.01. The smallest absolute Gasteiger partial charge is 0.122 e. The van der Waals surface area contributed by atoms with Crippen LogP contribution in [0.3, 0.4) is 0 Å². The van der Waals surface area contributed by atoms with Crippen LogP contribution in [0.15, 0.2) is 12.4 Å². The van der Waals surface area contributed by atoms with Crippen molar-refractivity contribution in [1.29, 1.82) is 0 Å². The van der Waals surface area contributed by atoms with E-state index < -0.39 is 0 Å². The number of aryl methyl sites for hydroxylation is 1. The van der Waals surface area contributed by atoms with Gasteiger partial charge in [0.25, 0.3) is 0 Å². The molecule has 19 heavy (non-hydrogen) atoms. The van der Waals surface area contributed by atoms with Crippen molar-refractivity contribution in [2.24, 2.45) is 0 Å². The lowest BCUT2D eigenvalue weighted by atomic mass is 9.98. The van der Waals surface area contributed by atoms with Crippen LogP contribution in [0, 0.1) is 0 Å². The number of imidazole rings is 1. The summed E-state index contributed by atoms with van der Waals surface area (Å²) in [5.74, 6) is 1.22. The topological polar surface area (TPSA) is 33.1 Å². The molecule has 0 aromatic carbocycles. The number of aromatic nitrogens is 2. The SMILES string of the molecule is CCN(Cc1nccn1CC)C1CC2CCC(C1)N2.